The molecule has 1 N–H and O–H groups in total. The third kappa shape index (κ3) is 3.61. The van der Waals surface area contributed by atoms with Crippen LogP contribution < -0.4 is 0 Å². The molecule has 18 heavy (non-hydrogen) atoms. The van der Waals surface area contributed by atoms with E-state index in [2.05, 4.69) is 0 Å². The van der Waals surface area contributed by atoms with Crippen molar-refractivity contribution < 1.29 is 26.7 Å². The maximum atomic E-state index is 12.3. The fourth-order valence-electron chi connectivity index (χ4n) is 1.33. The van der Waals surface area contributed by atoms with Gasteiger partial charge in [0.25, 0.3) is 0 Å². The summed E-state index contributed by atoms with van der Waals surface area (Å²) in [7, 11) is -4.20. The van der Waals surface area contributed by atoms with E-state index in [0.29, 0.717) is 4.31 Å². The molecule has 0 aromatic heterocycles. The molecule has 0 unspecified atom stereocenters. The molecule has 0 heterocycles. The molecule has 0 atom stereocenters. The molecule has 0 fully saturated rings. The summed E-state index contributed by atoms with van der Waals surface area (Å²) in [5, 5.41) is 9.02. The summed E-state index contributed by atoms with van der Waals surface area (Å²) in [6.45, 7) is -0.501. The first-order valence-electron chi connectivity index (χ1n) is 5.03. The molecule has 0 saturated carbocycles. The molecule has 0 saturated heterocycles. The quantitative estimate of drug-likeness (QED) is 0.919. The normalized spacial score (nSPS) is 12.9. The summed E-state index contributed by atoms with van der Waals surface area (Å²) in [4.78, 5) is -0.286. The van der Waals surface area contributed by atoms with Crippen LogP contribution in [0.25, 0.3) is 0 Å². The molecule has 0 aliphatic heterocycles. The smallest absolute Gasteiger partial charge is 0.402 e. The zero-order chi connectivity index (χ0) is 14.0. The highest BCUT2D eigenvalue weighted by Gasteiger charge is 2.36. The molecule has 0 spiro atoms. The maximum Gasteiger partial charge on any atom is 0.402 e. The highest BCUT2D eigenvalue weighted by atomic mass is 32.2. The third-order valence-electron chi connectivity index (χ3n) is 2.18. The van der Waals surface area contributed by atoms with E-state index in [1.807, 2.05) is 0 Å². The topological polar surface area (TPSA) is 57.6 Å². The lowest BCUT2D eigenvalue weighted by Crippen LogP contribution is -2.38. The Hall–Kier alpha value is -1.28. The van der Waals surface area contributed by atoms with Crippen LogP contribution in [-0.4, -0.2) is 37.1 Å². The minimum absolute atomic E-state index is 0.159. The van der Waals surface area contributed by atoms with Crippen molar-refractivity contribution in [1.29, 1.82) is 0 Å². The monoisotopic (exact) mass is 283 g/mol. The van der Waals surface area contributed by atoms with E-state index in [1.54, 1.807) is 0 Å². The predicted octanol–water partition coefficient (Wildman–Crippen LogP) is 1.97. The first kappa shape index (κ1) is 14.8. The molecule has 0 amide bonds. The van der Waals surface area contributed by atoms with Gasteiger partial charge >= 0.3 is 6.18 Å². The fraction of sp³-hybridized carbons (Fsp3) is 0.400. The van der Waals surface area contributed by atoms with Crippen molar-refractivity contribution >= 4 is 10.0 Å². The number of hydrogen-bond acceptors (Lipinski definition) is 3. The van der Waals surface area contributed by atoms with Crippen molar-refractivity contribution in [2.45, 2.75) is 18.0 Å². The Bertz CT molecular complexity index is 496. The highest BCUT2D eigenvalue weighted by molar-refractivity contribution is 7.89. The first-order chi connectivity index (χ1) is 8.16. The molecule has 0 aliphatic carbocycles. The molecule has 0 bridgehead atoms. The van der Waals surface area contributed by atoms with Crippen LogP contribution in [0.15, 0.2) is 29.2 Å². The lowest BCUT2D eigenvalue weighted by Gasteiger charge is -2.21. The number of phenolic OH excluding ortho intramolecular Hbond substituents is 1. The van der Waals surface area contributed by atoms with Gasteiger partial charge in [-0.3, -0.25) is 0 Å². The summed E-state index contributed by atoms with van der Waals surface area (Å²) >= 11 is 0. The van der Waals surface area contributed by atoms with E-state index >= 15 is 0 Å². The summed E-state index contributed by atoms with van der Waals surface area (Å²) < 4.78 is 60.9. The van der Waals surface area contributed by atoms with Crippen LogP contribution in [0.5, 0.6) is 5.75 Å². The van der Waals surface area contributed by atoms with Crippen LogP contribution in [-0.2, 0) is 10.0 Å². The Kier molecular flexibility index (Phi) is 4.23. The van der Waals surface area contributed by atoms with E-state index in [-0.39, 0.29) is 17.2 Å². The number of rotatable bonds is 4. The van der Waals surface area contributed by atoms with Crippen molar-refractivity contribution in [3.63, 3.8) is 0 Å². The molecule has 1 rings (SSSR count). The summed E-state index contributed by atoms with van der Waals surface area (Å²) in [6.07, 6.45) is -4.60. The maximum absolute atomic E-state index is 12.3. The van der Waals surface area contributed by atoms with Gasteiger partial charge in [0.1, 0.15) is 12.3 Å². The Balaban J connectivity index is 3.07. The van der Waals surface area contributed by atoms with Gasteiger partial charge in [0.2, 0.25) is 10.0 Å². The second-order valence-corrected chi connectivity index (χ2v) is 5.48. The SMILES string of the molecule is CCN(CC(F)(F)F)S(=O)(=O)c1ccc(O)cc1. The van der Waals surface area contributed by atoms with Crippen molar-refractivity contribution in [2.75, 3.05) is 13.1 Å². The summed E-state index contributed by atoms with van der Waals surface area (Å²) in [5.41, 5.74) is 0. The number of aromatic hydroxyl groups is 1. The van der Waals surface area contributed by atoms with Gasteiger partial charge in [-0.05, 0) is 24.3 Å². The molecule has 0 aliphatic rings. The second-order valence-electron chi connectivity index (χ2n) is 3.54. The Labute approximate surface area is 103 Å². The van der Waals surface area contributed by atoms with Gasteiger partial charge in [-0.15, -0.1) is 0 Å². The van der Waals surface area contributed by atoms with Crippen LogP contribution in [0.3, 0.4) is 0 Å². The average molecular weight is 283 g/mol. The Morgan fingerprint density at radius 3 is 2.11 bits per heavy atom. The van der Waals surface area contributed by atoms with E-state index in [4.69, 9.17) is 5.11 Å². The molecule has 0 radical (unpaired) electrons. The minimum Gasteiger partial charge on any atom is -0.508 e. The third-order valence-corrected chi connectivity index (χ3v) is 4.12. The molecular formula is C10H12F3NO3S. The Morgan fingerprint density at radius 2 is 1.72 bits per heavy atom. The fourth-order valence-corrected chi connectivity index (χ4v) is 2.77. The van der Waals surface area contributed by atoms with E-state index < -0.39 is 22.7 Å². The van der Waals surface area contributed by atoms with Crippen molar-refractivity contribution in [3.8, 4) is 5.75 Å². The number of nitrogens with zero attached hydrogens (tertiary/aromatic N) is 1. The van der Waals surface area contributed by atoms with Crippen molar-refractivity contribution in [3.05, 3.63) is 24.3 Å². The van der Waals surface area contributed by atoms with E-state index in [9.17, 15) is 21.6 Å². The standard InChI is InChI=1S/C10H12F3NO3S/c1-2-14(7-10(11,12)13)18(16,17)9-5-3-8(15)4-6-9/h3-6,15H,2,7H2,1H3. The zero-order valence-electron chi connectivity index (χ0n) is 9.48. The summed E-state index contributed by atoms with van der Waals surface area (Å²) in [6, 6.07) is 4.33. The molecule has 102 valence electrons. The van der Waals surface area contributed by atoms with Gasteiger partial charge < -0.3 is 5.11 Å². The van der Waals surface area contributed by atoms with Gasteiger partial charge in [0.15, 0.2) is 0 Å². The molecular weight excluding hydrogens is 271 g/mol. The molecule has 1 aromatic carbocycles. The predicted molar refractivity (Wildman–Crippen MR) is 58.6 cm³/mol. The van der Waals surface area contributed by atoms with Crippen molar-refractivity contribution in [2.24, 2.45) is 0 Å². The number of halogens is 3. The zero-order valence-corrected chi connectivity index (χ0v) is 10.3. The molecule has 4 nitrogen and oxygen atoms in total. The summed E-state index contributed by atoms with van der Waals surface area (Å²) in [5.74, 6) is -0.159. The van der Waals surface area contributed by atoms with Gasteiger partial charge in [-0.25, -0.2) is 8.42 Å². The number of alkyl halides is 3. The van der Waals surface area contributed by atoms with Crippen LogP contribution in [0.1, 0.15) is 6.92 Å². The van der Waals surface area contributed by atoms with Gasteiger partial charge in [-0.2, -0.15) is 17.5 Å². The van der Waals surface area contributed by atoms with Crippen LogP contribution in [0.2, 0.25) is 0 Å². The van der Waals surface area contributed by atoms with Gasteiger partial charge in [0.05, 0.1) is 4.90 Å². The lowest BCUT2D eigenvalue weighted by atomic mass is 10.3. The van der Waals surface area contributed by atoms with Gasteiger partial charge in [0, 0.05) is 6.54 Å². The van der Waals surface area contributed by atoms with Crippen LogP contribution in [0, 0.1) is 0 Å². The first-order valence-corrected chi connectivity index (χ1v) is 6.47. The lowest BCUT2D eigenvalue weighted by molar-refractivity contribution is -0.135. The highest BCUT2D eigenvalue weighted by Crippen LogP contribution is 2.23. The van der Waals surface area contributed by atoms with Crippen LogP contribution >= 0.6 is 0 Å². The number of phenols is 1. The number of hydrogen-bond donors (Lipinski definition) is 1. The Morgan fingerprint density at radius 1 is 1.22 bits per heavy atom. The number of sulfonamides is 1. The largest absolute Gasteiger partial charge is 0.508 e. The van der Waals surface area contributed by atoms with E-state index in [1.165, 1.54) is 6.92 Å². The average Bonchev–Trinajstić information content (AvgIpc) is 2.25. The van der Waals surface area contributed by atoms with Crippen molar-refractivity contribution in [1.82, 2.24) is 4.31 Å². The number of benzene rings is 1. The second kappa shape index (κ2) is 5.15. The van der Waals surface area contributed by atoms with Gasteiger partial charge in [-0.1, -0.05) is 6.92 Å². The molecule has 8 heteroatoms. The minimum atomic E-state index is -4.60. The molecule has 1 aromatic rings. The van der Waals surface area contributed by atoms with E-state index in [0.717, 1.165) is 24.3 Å². The van der Waals surface area contributed by atoms with Crippen LogP contribution in [0.4, 0.5) is 13.2 Å².